The lowest BCUT2D eigenvalue weighted by Gasteiger charge is -2.02. The molecule has 1 fully saturated rings. The molecule has 1 aliphatic rings. The van der Waals surface area contributed by atoms with Gasteiger partial charge in [0.2, 0.25) is 0 Å². The molecule has 0 saturated heterocycles. The first-order valence-electron chi connectivity index (χ1n) is 6.36. The first kappa shape index (κ1) is 11.8. The zero-order chi connectivity index (χ0) is 13.2. The van der Waals surface area contributed by atoms with Crippen molar-refractivity contribution < 1.29 is 13.9 Å². The van der Waals surface area contributed by atoms with Crippen LogP contribution in [0.5, 0.6) is 11.7 Å². The van der Waals surface area contributed by atoms with Gasteiger partial charge in [-0.2, -0.15) is 0 Å². The largest absolute Gasteiger partial charge is 0.426 e. The maximum absolute atomic E-state index is 11.7. The van der Waals surface area contributed by atoms with E-state index in [-0.39, 0.29) is 11.7 Å². The standard InChI is InChI=1S/C15H15NO3/c1-10-2-6-12(7-3-10)18-14-9-8-13(19-14)15(17)16-11-4-5-11/h2-3,6-9,11H,4-5H2,1H3,(H,16,17). The van der Waals surface area contributed by atoms with Crippen LogP contribution in [0.3, 0.4) is 0 Å². The summed E-state index contributed by atoms with van der Waals surface area (Å²) in [6.45, 7) is 2.01. The van der Waals surface area contributed by atoms with Gasteiger partial charge in [-0.25, -0.2) is 0 Å². The minimum absolute atomic E-state index is 0.179. The van der Waals surface area contributed by atoms with Crippen LogP contribution >= 0.6 is 0 Å². The highest BCUT2D eigenvalue weighted by Crippen LogP contribution is 2.25. The van der Waals surface area contributed by atoms with Crippen LogP contribution in [0.4, 0.5) is 0 Å². The molecule has 0 spiro atoms. The lowest BCUT2D eigenvalue weighted by molar-refractivity contribution is 0.0918. The van der Waals surface area contributed by atoms with Crippen LogP contribution in [-0.4, -0.2) is 11.9 Å². The van der Waals surface area contributed by atoms with Gasteiger partial charge < -0.3 is 14.5 Å². The minimum atomic E-state index is -0.179. The molecule has 4 nitrogen and oxygen atoms in total. The van der Waals surface area contributed by atoms with Crippen molar-refractivity contribution in [2.45, 2.75) is 25.8 Å². The van der Waals surface area contributed by atoms with Crippen LogP contribution in [0.2, 0.25) is 0 Å². The van der Waals surface area contributed by atoms with Crippen molar-refractivity contribution in [3.8, 4) is 11.7 Å². The summed E-state index contributed by atoms with van der Waals surface area (Å²) < 4.78 is 10.9. The summed E-state index contributed by atoms with van der Waals surface area (Å²) in [5, 5.41) is 2.87. The van der Waals surface area contributed by atoms with E-state index in [9.17, 15) is 4.79 Å². The van der Waals surface area contributed by atoms with E-state index in [4.69, 9.17) is 9.15 Å². The maximum Gasteiger partial charge on any atom is 0.290 e. The molecule has 1 N–H and O–H groups in total. The second-order valence-electron chi connectivity index (χ2n) is 4.78. The Kier molecular flexibility index (Phi) is 2.99. The van der Waals surface area contributed by atoms with Gasteiger partial charge in [0.15, 0.2) is 5.76 Å². The molecule has 0 radical (unpaired) electrons. The second-order valence-corrected chi connectivity index (χ2v) is 4.78. The highest BCUT2D eigenvalue weighted by atomic mass is 16.6. The smallest absolute Gasteiger partial charge is 0.290 e. The number of rotatable bonds is 4. The first-order chi connectivity index (χ1) is 9.20. The van der Waals surface area contributed by atoms with Crippen LogP contribution in [-0.2, 0) is 0 Å². The van der Waals surface area contributed by atoms with E-state index in [1.54, 1.807) is 12.1 Å². The average molecular weight is 257 g/mol. The number of nitrogens with one attached hydrogen (secondary N) is 1. The van der Waals surface area contributed by atoms with E-state index in [0.717, 1.165) is 18.4 Å². The number of hydrogen-bond acceptors (Lipinski definition) is 3. The molecule has 0 bridgehead atoms. The maximum atomic E-state index is 11.7. The summed E-state index contributed by atoms with van der Waals surface area (Å²) in [5.74, 6) is 1.12. The second kappa shape index (κ2) is 4.80. The number of aryl methyl sites for hydroxylation is 1. The summed E-state index contributed by atoms with van der Waals surface area (Å²) in [6, 6.07) is 11.2. The Morgan fingerprint density at radius 2 is 1.95 bits per heavy atom. The predicted octanol–water partition coefficient (Wildman–Crippen LogP) is 3.27. The average Bonchev–Trinajstić information content (AvgIpc) is 3.08. The van der Waals surface area contributed by atoms with Crippen molar-refractivity contribution in [3.63, 3.8) is 0 Å². The Bertz CT molecular complexity index is 582. The van der Waals surface area contributed by atoms with Gasteiger partial charge in [0.1, 0.15) is 5.75 Å². The normalized spacial score (nSPS) is 14.2. The first-order valence-corrected chi connectivity index (χ1v) is 6.36. The monoisotopic (exact) mass is 257 g/mol. The van der Waals surface area contributed by atoms with E-state index in [1.807, 2.05) is 31.2 Å². The number of amides is 1. The molecule has 0 unspecified atom stereocenters. The number of hydrogen-bond donors (Lipinski definition) is 1. The third kappa shape index (κ3) is 2.96. The zero-order valence-corrected chi connectivity index (χ0v) is 10.7. The molecule has 1 saturated carbocycles. The molecule has 1 heterocycles. The molecule has 3 rings (SSSR count). The fourth-order valence-corrected chi connectivity index (χ4v) is 1.70. The van der Waals surface area contributed by atoms with Crippen molar-refractivity contribution in [2.75, 3.05) is 0 Å². The summed E-state index contributed by atoms with van der Waals surface area (Å²) in [7, 11) is 0. The minimum Gasteiger partial charge on any atom is -0.426 e. The summed E-state index contributed by atoms with van der Waals surface area (Å²) in [5.41, 5.74) is 1.16. The van der Waals surface area contributed by atoms with E-state index < -0.39 is 0 Å². The molecule has 0 aliphatic heterocycles. The van der Waals surface area contributed by atoms with Gasteiger partial charge in [0.25, 0.3) is 11.9 Å². The third-order valence-electron chi connectivity index (χ3n) is 2.96. The molecule has 2 aromatic rings. The van der Waals surface area contributed by atoms with Gasteiger partial charge >= 0.3 is 0 Å². The van der Waals surface area contributed by atoms with E-state index >= 15 is 0 Å². The topological polar surface area (TPSA) is 51.5 Å². The van der Waals surface area contributed by atoms with E-state index in [1.165, 1.54) is 0 Å². The van der Waals surface area contributed by atoms with Gasteiger partial charge in [-0.05, 0) is 38.0 Å². The number of ether oxygens (including phenoxy) is 1. The highest BCUT2D eigenvalue weighted by molar-refractivity contribution is 5.92. The van der Waals surface area contributed by atoms with Crippen LogP contribution in [0.25, 0.3) is 0 Å². The number of furan rings is 1. The SMILES string of the molecule is Cc1ccc(Oc2ccc(C(=O)NC3CC3)o2)cc1. The van der Waals surface area contributed by atoms with Crippen molar-refractivity contribution in [2.24, 2.45) is 0 Å². The number of benzene rings is 1. The molecular weight excluding hydrogens is 242 g/mol. The number of carbonyl (C=O) groups excluding carboxylic acids is 1. The van der Waals surface area contributed by atoms with Crippen molar-refractivity contribution in [1.82, 2.24) is 5.32 Å². The molecule has 98 valence electrons. The molecule has 1 aromatic heterocycles. The lowest BCUT2D eigenvalue weighted by atomic mass is 10.2. The summed E-state index contributed by atoms with van der Waals surface area (Å²) >= 11 is 0. The summed E-state index contributed by atoms with van der Waals surface area (Å²) in [6.07, 6.45) is 2.11. The van der Waals surface area contributed by atoms with Crippen molar-refractivity contribution in [1.29, 1.82) is 0 Å². The van der Waals surface area contributed by atoms with Gasteiger partial charge in [0.05, 0.1) is 0 Å². The van der Waals surface area contributed by atoms with Crippen LogP contribution in [0.1, 0.15) is 29.0 Å². The predicted molar refractivity (Wildman–Crippen MR) is 70.4 cm³/mol. The van der Waals surface area contributed by atoms with Crippen LogP contribution in [0, 0.1) is 6.92 Å². The Morgan fingerprint density at radius 3 is 2.63 bits per heavy atom. The van der Waals surface area contributed by atoms with Crippen LogP contribution < -0.4 is 10.1 Å². The quantitative estimate of drug-likeness (QED) is 0.914. The zero-order valence-electron chi connectivity index (χ0n) is 10.7. The fraction of sp³-hybridized carbons (Fsp3) is 0.267. The molecule has 1 amide bonds. The highest BCUT2D eigenvalue weighted by Gasteiger charge is 2.25. The van der Waals surface area contributed by atoms with Crippen molar-refractivity contribution in [3.05, 3.63) is 47.7 Å². The van der Waals surface area contributed by atoms with Crippen molar-refractivity contribution >= 4 is 5.91 Å². The van der Waals surface area contributed by atoms with Gasteiger partial charge in [-0.1, -0.05) is 17.7 Å². The Hall–Kier alpha value is -2.23. The molecule has 1 aliphatic carbocycles. The summed E-state index contributed by atoms with van der Waals surface area (Å²) in [4.78, 5) is 11.7. The lowest BCUT2D eigenvalue weighted by Crippen LogP contribution is -2.24. The van der Waals surface area contributed by atoms with Gasteiger partial charge in [-0.15, -0.1) is 0 Å². The molecular formula is C15H15NO3. The third-order valence-corrected chi connectivity index (χ3v) is 2.96. The van der Waals surface area contributed by atoms with Crippen LogP contribution in [0.15, 0.2) is 40.8 Å². The van der Waals surface area contributed by atoms with E-state index in [0.29, 0.717) is 17.7 Å². The van der Waals surface area contributed by atoms with E-state index in [2.05, 4.69) is 5.32 Å². The van der Waals surface area contributed by atoms with Gasteiger partial charge in [-0.3, -0.25) is 4.79 Å². The Morgan fingerprint density at radius 1 is 1.21 bits per heavy atom. The molecule has 0 atom stereocenters. The fourth-order valence-electron chi connectivity index (χ4n) is 1.70. The molecule has 1 aromatic carbocycles. The number of carbonyl (C=O) groups is 1. The molecule has 19 heavy (non-hydrogen) atoms. The Balaban J connectivity index is 1.66. The molecule has 4 heteroatoms. The Labute approximate surface area is 111 Å². The van der Waals surface area contributed by atoms with Gasteiger partial charge in [0, 0.05) is 12.1 Å².